The van der Waals surface area contributed by atoms with Gasteiger partial charge in [-0.2, -0.15) is 0 Å². The van der Waals surface area contributed by atoms with Crippen LogP contribution in [0.15, 0.2) is 43.0 Å². The Morgan fingerprint density at radius 2 is 1.95 bits per heavy atom. The van der Waals surface area contributed by atoms with Crippen LogP contribution in [0, 0.1) is 5.41 Å². The Kier molecular flexibility index (Phi) is 6.15. The zero-order valence-corrected chi connectivity index (χ0v) is 13.0. The fourth-order valence-corrected chi connectivity index (χ4v) is 2.03. The van der Waals surface area contributed by atoms with Crippen LogP contribution in [0.3, 0.4) is 0 Å². The van der Waals surface area contributed by atoms with E-state index < -0.39 is 5.41 Å². The fraction of sp³-hybridized carbons (Fsp3) is 0.412. The molecule has 0 aromatic heterocycles. The van der Waals surface area contributed by atoms with Crippen molar-refractivity contribution in [1.82, 2.24) is 4.90 Å². The van der Waals surface area contributed by atoms with Gasteiger partial charge in [-0.25, -0.2) is 0 Å². The van der Waals surface area contributed by atoms with Crippen LogP contribution in [0.1, 0.15) is 30.6 Å². The van der Waals surface area contributed by atoms with E-state index in [9.17, 15) is 9.59 Å². The lowest BCUT2D eigenvalue weighted by molar-refractivity contribution is -0.154. The highest BCUT2D eigenvalue weighted by molar-refractivity contribution is 5.94. The number of hydrogen-bond donors (Lipinski definition) is 0. The minimum atomic E-state index is -0.720. The van der Waals surface area contributed by atoms with E-state index in [1.165, 1.54) is 6.08 Å². The first-order valence-electron chi connectivity index (χ1n) is 7.03. The molecule has 0 fully saturated rings. The lowest BCUT2D eigenvalue weighted by Gasteiger charge is -2.30. The van der Waals surface area contributed by atoms with Crippen LogP contribution in [-0.2, 0) is 9.53 Å². The largest absolute Gasteiger partial charge is 0.461 e. The maximum Gasteiger partial charge on any atom is 0.313 e. The first-order valence-corrected chi connectivity index (χ1v) is 7.03. The van der Waals surface area contributed by atoms with Gasteiger partial charge in [-0.15, -0.1) is 0 Å². The summed E-state index contributed by atoms with van der Waals surface area (Å²) in [4.78, 5) is 26.0. The Labute approximate surface area is 126 Å². The Bertz CT molecular complexity index is 498. The van der Waals surface area contributed by atoms with E-state index in [1.807, 2.05) is 32.0 Å². The highest BCUT2D eigenvalue weighted by Crippen LogP contribution is 2.25. The van der Waals surface area contributed by atoms with E-state index in [2.05, 4.69) is 6.58 Å². The standard InChI is InChI=1S/C17H23NO3/c1-5-12-21-16(20)17(3,6-2)13-18(4)15(19)14-10-8-7-9-11-14/h5,7-11H,1,6,12-13H2,2-4H3. The van der Waals surface area contributed by atoms with E-state index in [1.54, 1.807) is 24.1 Å². The van der Waals surface area contributed by atoms with Crippen molar-refractivity contribution >= 4 is 11.9 Å². The van der Waals surface area contributed by atoms with Gasteiger partial charge in [0.25, 0.3) is 5.91 Å². The summed E-state index contributed by atoms with van der Waals surface area (Å²) >= 11 is 0. The van der Waals surface area contributed by atoms with Gasteiger partial charge in [-0.05, 0) is 25.5 Å². The molecule has 1 atom stereocenters. The predicted octanol–water partition coefficient (Wildman–Crippen LogP) is 2.90. The number of ether oxygens (including phenoxy) is 1. The maximum absolute atomic E-state index is 12.3. The van der Waals surface area contributed by atoms with Gasteiger partial charge in [0, 0.05) is 19.2 Å². The van der Waals surface area contributed by atoms with Gasteiger partial charge < -0.3 is 9.64 Å². The molecule has 0 bridgehead atoms. The minimum absolute atomic E-state index is 0.105. The smallest absolute Gasteiger partial charge is 0.313 e. The van der Waals surface area contributed by atoms with Crippen LogP contribution < -0.4 is 0 Å². The number of carbonyl (C=O) groups is 2. The van der Waals surface area contributed by atoms with E-state index in [0.717, 1.165) is 0 Å². The molecule has 0 aliphatic carbocycles. The van der Waals surface area contributed by atoms with Crippen LogP contribution in [-0.4, -0.2) is 37.0 Å². The molecule has 0 aliphatic rings. The van der Waals surface area contributed by atoms with Crippen LogP contribution in [0.5, 0.6) is 0 Å². The van der Waals surface area contributed by atoms with E-state index in [4.69, 9.17) is 4.74 Å². The van der Waals surface area contributed by atoms with Crippen LogP contribution in [0.25, 0.3) is 0 Å². The SMILES string of the molecule is C=CCOC(=O)C(C)(CC)CN(C)C(=O)c1ccccc1. The third kappa shape index (κ3) is 4.45. The fourth-order valence-electron chi connectivity index (χ4n) is 2.03. The molecule has 1 rings (SSSR count). The molecule has 1 aromatic rings. The van der Waals surface area contributed by atoms with Gasteiger partial charge in [0.2, 0.25) is 0 Å². The van der Waals surface area contributed by atoms with Crippen molar-refractivity contribution in [3.8, 4) is 0 Å². The third-order valence-electron chi connectivity index (χ3n) is 3.56. The van der Waals surface area contributed by atoms with Gasteiger partial charge in [-0.3, -0.25) is 9.59 Å². The number of rotatable bonds is 7. The predicted molar refractivity (Wildman–Crippen MR) is 83.0 cm³/mol. The van der Waals surface area contributed by atoms with Crippen molar-refractivity contribution in [2.24, 2.45) is 5.41 Å². The second kappa shape index (κ2) is 7.62. The molecule has 1 unspecified atom stereocenters. The van der Waals surface area contributed by atoms with Crippen LogP contribution in [0.4, 0.5) is 0 Å². The molecule has 1 aromatic carbocycles. The van der Waals surface area contributed by atoms with Gasteiger partial charge >= 0.3 is 5.97 Å². The topological polar surface area (TPSA) is 46.6 Å². The quantitative estimate of drug-likeness (QED) is 0.573. The molecule has 0 radical (unpaired) electrons. The van der Waals surface area contributed by atoms with Crippen molar-refractivity contribution in [3.63, 3.8) is 0 Å². The highest BCUT2D eigenvalue weighted by atomic mass is 16.5. The second-order valence-electron chi connectivity index (χ2n) is 5.33. The summed E-state index contributed by atoms with van der Waals surface area (Å²) in [6.45, 7) is 7.75. The molecule has 0 spiro atoms. The Morgan fingerprint density at radius 1 is 1.33 bits per heavy atom. The Morgan fingerprint density at radius 3 is 2.48 bits per heavy atom. The lowest BCUT2D eigenvalue weighted by Crippen LogP contribution is -2.42. The van der Waals surface area contributed by atoms with Crippen LogP contribution in [0.2, 0.25) is 0 Å². The summed E-state index contributed by atoms with van der Waals surface area (Å²) in [6.07, 6.45) is 2.13. The highest BCUT2D eigenvalue weighted by Gasteiger charge is 2.35. The van der Waals surface area contributed by atoms with Crippen molar-refractivity contribution < 1.29 is 14.3 Å². The zero-order valence-electron chi connectivity index (χ0n) is 13.0. The average molecular weight is 289 g/mol. The molecule has 0 aliphatic heterocycles. The number of amides is 1. The first-order chi connectivity index (χ1) is 9.94. The molecule has 114 valence electrons. The molecule has 21 heavy (non-hydrogen) atoms. The minimum Gasteiger partial charge on any atom is -0.461 e. The molecule has 0 N–H and O–H groups in total. The zero-order chi connectivity index (χ0) is 15.9. The van der Waals surface area contributed by atoms with Gasteiger partial charge in [-0.1, -0.05) is 37.8 Å². The van der Waals surface area contributed by atoms with Crippen LogP contribution >= 0.6 is 0 Å². The summed E-state index contributed by atoms with van der Waals surface area (Å²) in [5.41, 5.74) is -0.111. The van der Waals surface area contributed by atoms with Crippen molar-refractivity contribution in [2.45, 2.75) is 20.3 Å². The summed E-state index contributed by atoms with van der Waals surface area (Å²) in [6, 6.07) is 9.02. The number of hydrogen-bond acceptors (Lipinski definition) is 3. The van der Waals surface area contributed by atoms with E-state index >= 15 is 0 Å². The van der Waals surface area contributed by atoms with Crippen molar-refractivity contribution in [3.05, 3.63) is 48.6 Å². The Balaban J connectivity index is 2.78. The van der Waals surface area contributed by atoms with Gasteiger partial charge in [0.15, 0.2) is 0 Å². The summed E-state index contributed by atoms with van der Waals surface area (Å²) in [5, 5.41) is 0. The van der Waals surface area contributed by atoms with Gasteiger partial charge in [0.1, 0.15) is 6.61 Å². The summed E-state index contributed by atoms with van der Waals surface area (Å²) < 4.78 is 5.14. The van der Waals surface area contributed by atoms with Crippen molar-refractivity contribution in [1.29, 1.82) is 0 Å². The molecule has 1 amide bonds. The summed E-state index contributed by atoms with van der Waals surface area (Å²) in [7, 11) is 1.70. The van der Waals surface area contributed by atoms with E-state index in [0.29, 0.717) is 18.5 Å². The van der Waals surface area contributed by atoms with Crippen molar-refractivity contribution in [2.75, 3.05) is 20.2 Å². The summed E-state index contributed by atoms with van der Waals surface area (Å²) in [5.74, 6) is -0.413. The molecule has 4 nitrogen and oxygen atoms in total. The molecular weight excluding hydrogens is 266 g/mol. The average Bonchev–Trinajstić information content (AvgIpc) is 2.52. The number of benzene rings is 1. The second-order valence-corrected chi connectivity index (χ2v) is 5.33. The molecule has 4 heteroatoms. The number of carbonyl (C=O) groups excluding carboxylic acids is 2. The molecule has 0 saturated heterocycles. The lowest BCUT2D eigenvalue weighted by atomic mass is 9.87. The first kappa shape index (κ1) is 17.0. The maximum atomic E-state index is 12.3. The Hall–Kier alpha value is -2.10. The van der Waals surface area contributed by atoms with Gasteiger partial charge in [0.05, 0.1) is 5.41 Å². The molecule has 0 saturated carbocycles. The molecule has 0 heterocycles. The number of esters is 1. The monoisotopic (exact) mass is 289 g/mol. The van der Waals surface area contributed by atoms with E-state index in [-0.39, 0.29) is 18.5 Å². The normalized spacial score (nSPS) is 13.1. The molecular formula is C17H23NO3. The number of nitrogens with zero attached hydrogens (tertiary/aromatic N) is 1. The third-order valence-corrected chi connectivity index (χ3v) is 3.56.